The molecule has 3 heterocycles. The predicted octanol–water partition coefficient (Wildman–Crippen LogP) is 3.16. The van der Waals surface area contributed by atoms with Crippen molar-refractivity contribution in [2.45, 2.75) is 30.4 Å². The maximum atomic E-state index is 13.2. The van der Waals surface area contributed by atoms with E-state index < -0.39 is 0 Å². The standard InChI is InChI=1S/C19H24N4O2S.ClH/c1-13-21-18(25-22-13)12-26-17-5-3-2-4-16(17)19(24)23-8-6-14-10-20-11-15(14)7-9-23;/h2-5,14-15,20H,6-12H2,1H3;1H/t14-,15+;. The molecule has 1 amide bonds. The molecule has 2 aliphatic rings. The van der Waals surface area contributed by atoms with Crippen LogP contribution in [0.2, 0.25) is 0 Å². The number of likely N-dealkylation sites (tertiary alicyclic amines) is 1. The lowest BCUT2D eigenvalue weighted by Crippen LogP contribution is -2.33. The highest BCUT2D eigenvalue weighted by molar-refractivity contribution is 7.98. The number of benzene rings is 1. The molecular weight excluding hydrogens is 384 g/mol. The lowest BCUT2D eigenvalue weighted by atomic mass is 9.92. The van der Waals surface area contributed by atoms with Gasteiger partial charge in [0.1, 0.15) is 0 Å². The number of hydrogen-bond acceptors (Lipinski definition) is 6. The lowest BCUT2D eigenvalue weighted by Gasteiger charge is -2.22. The Kier molecular flexibility index (Phi) is 6.78. The number of carbonyl (C=O) groups excluding carboxylic acids is 1. The highest BCUT2D eigenvalue weighted by atomic mass is 35.5. The predicted molar refractivity (Wildman–Crippen MR) is 107 cm³/mol. The van der Waals surface area contributed by atoms with Gasteiger partial charge in [0.25, 0.3) is 5.91 Å². The minimum Gasteiger partial charge on any atom is -0.339 e. The Morgan fingerprint density at radius 1 is 1.26 bits per heavy atom. The Labute approximate surface area is 169 Å². The Morgan fingerprint density at radius 3 is 2.63 bits per heavy atom. The first-order valence-electron chi connectivity index (χ1n) is 9.21. The van der Waals surface area contributed by atoms with Gasteiger partial charge in [0.05, 0.1) is 11.3 Å². The number of aromatic nitrogens is 2. The van der Waals surface area contributed by atoms with E-state index in [0.29, 0.717) is 17.5 Å². The molecule has 2 fully saturated rings. The van der Waals surface area contributed by atoms with Gasteiger partial charge in [-0.25, -0.2) is 0 Å². The van der Waals surface area contributed by atoms with Crippen molar-refractivity contribution in [3.63, 3.8) is 0 Å². The molecule has 1 N–H and O–H groups in total. The van der Waals surface area contributed by atoms with Crippen molar-refractivity contribution in [3.05, 3.63) is 41.5 Å². The summed E-state index contributed by atoms with van der Waals surface area (Å²) in [5.74, 6) is 3.37. The highest BCUT2D eigenvalue weighted by Crippen LogP contribution is 2.30. The first-order chi connectivity index (χ1) is 12.7. The largest absolute Gasteiger partial charge is 0.339 e. The molecule has 146 valence electrons. The molecule has 1 aromatic heterocycles. The molecule has 2 aliphatic heterocycles. The van der Waals surface area contributed by atoms with Crippen molar-refractivity contribution in [2.75, 3.05) is 26.2 Å². The van der Waals surface area contributed by atoms with E-state index in [9.17, 15) is 4.79 Å². The fourth-order valence-electron chi connectivity index (χ4n) is 3.90. The van der Waals surface area contributed by atoms with Crippen LogP contribution in [0.4, 0.5) is 0 Å². The summed E-state index contributed by atoms with van der Waals surface area (Å²) in [5, 5.41) is 7.30. The van der Waals surface area contributed by atoms with Crippen molar-refractivity contribution in [3.8, 4) is 0 Å². The van der Waals surface area contributed by atoms with Crippen LogP contribution in [-0.2, 0) is 5.75 Å². The molecule has 0 saturated carbocycles. The summed E-state index contributed by atoms with van der Waals surface area (Å²) in [4.78, 5) is 20.4. The average molecular weight is 409 g/mol. The Morgan fingerprint density at radius 2 is 1.96 bits per heavy atom. The second-order valence-electron chi connectivity index (χ2n) is 7.07. The third-order valence-electron chi connectivity index (χ3n) is 5.34. The van der Waals surface area contributed by atoms with E-state index in [4.69, 9.17) is 4.52 Å². The highest BCUT2D eigenvalue weighted by Gasteiger charge is 2.32. The summed E-state index contributed by atoms with van der Waals surface area (Å²) in [5.41, 5.74) is 0.777. The molecule has 2 atom stereocenters. The fraction of sp³-hybridized carbons (Fsp3) is 0.526. The number of aryl methyl sites for hydroxylation is 1. The van der Waals surface area contributed by atoms with Crippen LogP contribution in [0, 0.1) is 18.8 Å². The number of thioether (sulfide) groups is 1. The van der Waals surface area contributed by atoms with Gasteiger partial charge in [-0.15, -0.1) is 24.2 Å². The van der Waals surface area contributed by atoms with Crippen molar-refractivity contribution in [2.24, 2.45) is 11.8 Å². The molecule has 2 saturated heterocycles. The van der Waals surface area contributed by atoms with Crippen LogP contribution in [0.1, 0.15) is 34.9 Å². The van der Waals surface area contributed by atoms with Crippen LogP contribution >= 0.6 is 24.2 Å². The molecule has 0 aliphatic carbocycles. The monoisotopic (exact) mass is 408 g/mol. The number of amides is 1. The summed E-state index contributed by atoms with van der Waals surface area (Å²) in [6.07, 6.45) is 2.19. The molecule has 2 aromatic rings. The molecule has 1 aromatic carbocycles. The van der Waals surface area contributed by atoms with Crippen LogP contribution in [0.3, 0.4) is 0 Å². The summed E-state index contributed by atoms with van der Waals surface area (Å²) < 4.78 is 5.18. The van der Waals surface area contributed by atoms with Gasteiger partial charge in [0.15, 0.2) is 5.82 Å². The summed E-state index contributed by atoms with van der Waals surface area (Å²) in [7, 11) is 0. The third-order valence-corrected chi connectivity index (χ3v) is 6.40. The van der Waals surface area contributed by atoms with Crippen LogP contribution in [-0.4, -0.2) is 47.1 Å². The van der Waals surface area contributed by atoms with Crippen LogP contribution in [0.5, 0.6) is 0 Å². The number of nitrogens with zero attached hydrogens (tertiary/aromatic N) is 3. The number of nitrogens with one attached hydrogen (secondary N) is 1. The Bertz CT molecular complexity index is 771. The van der Waals surface area contributed by atoms with Crippen molar-refractivity contribution in [1.29, 1.82) is 0 Å². The number of fused-ring (bicyclic) bond motifs is 1. The van der Waals surface area contributed by atoms with Crippen molar-refractivity contribution < 1.29 is 9.32 Å². The normalized spacial score (nSPS) is 22.0. The van der Waals surface area contributed by atoms with Gasteiger partial charge >= 0.3 is 0 Å². The van der Waals surface area contributed by atoms with Gasteiger partial charge < -0.3 is 14.7 Å². The topological polar surface area (TPSA) is 71.3 Å². The molecule has 6 nitrogen and oxygen atoms in total. The first-order valence-corrected chi connectivity index (χ1v) is 10.2. The average Bonchev–Trinajstić information content (AvgIpc) is 3.24. The number of rotatable bonds is 4. The van der Waals surface area contributed by atoms with Crippen LogP contribution in [0.15, 0.2) is 33.7 Å². The number of hydrogen-bond donors (Lipinski definition) is 1. The summed E-state index contributed by atoms with van der Waals surface area (Å²) >= 11 is 1.57. The number of halogens is 1. The van der Waals surface area contributed by atoms with Gasteiger partial charge in [0, 0.05) is 18.0 Å². The van der Waals surface area contributed by atoms with E-state index in [-0.39, 0.29) is 18.3 Å². The van der Waals surface area contributed by atoms with E-state index in [2.05, 4.69) is 15.5 Å². The lowest BCUT2D eigenvalue weighted by molar-refractivity contribution is 0.0755. The van der Waals surface area contributed by atoms with Gasteiger partial charge in [-0.1, -0.05) is 17.3 Å². The van der Waals surface area contributed by atoms with Gasteiger partial charge in [0.2, 0.25) is 5.89 Å². The molecule has 0 radical (unpaired) electrons. The first kappa shape index (κ1) is 20.2. The molecule has 0 spiro atoms. The van der Waals surface area contributed by atoms with Gasteiger partial charge in [-0.2, -0.15) is 4.98 Å². The molecule has 8 heteroatoms. The van der Waals surface area contributed by atoms with E-state index in [1.807, 2.05) is 29.2 Å². The number of carbonyl (C=O) groups is 1. The third kappa shape index (κ3) is 4.65. The Hall–Kier alpha value is -1.57. The quantitative estimate of drug-likeness (QED) is 0.783. The zero-order chi connectivity index (χ0) is 17.9. The summed E-state index contributed by atoms with van der Waals surface area (Å²) in [6.45, 7) is 5.71. The second kappa shape index (κ2) is 9.08. The molecular formula is C19H25ClN4O2S. The van der Waals surface area contributed by atoms with Gasteiger partial charge in [-0.3, -0.25) is 4.79 Å². The van der Waals surface area contributed by atoms with E-state index >= 15 is 0 Å². The van der Waals surface area contributed by atoms with Crippen molar-refractivity contribution >= 4 is 30.1 Å². The van der Waals surface area contributed by atoms with Crippen LogP contribution in [0.25, 0.3) is 0 Å². The molecule has 0 unspecified atom stereocenters. The van der Waals surface area contributed by atoms with E-state index in [1.54, 1.807) is 18.7 Å². The maximum Gasteiger partial charge on any atom is 0.254 e. The maximum absolute atomic E-state index is 13.2. The minimum atomic E-state index is 0. The van der Waals surface area contributed by atoms with Crippen molar-refractivity contribution in [1.82, 2.24) is 20.4 Å². The Balaban J connectivity index is 0.00000210. The zero-order valence-electron chi connectivity index (χ0n) is 15.4. The van der Waals surface area contributed by atoms with E-state index in [1.165, 1.54) is 0 Å². The smallest absolute Gasteiger partial charge is 0.254 e. The molecule has 4 rings (SSSR count). The fourth-order valence-corrected chi connectivity index (χ4v) is 4.78. The SMILES string of the molecule is Cc1noc(CSc2ccccc2C(=O)N2CC[C@@H]3CNC[C@@H]3CC2)n1.Cl. The minimum absolute atomic E-state index is 0. The van der Waals surface area contributed by atoms with E-state index in [0.717, 1.165) is 61.3 Å². The molecule has 27 heavy (non-hydrogen) atoms. The summed E-state index contributed by atoms with van der Waals surface area (Å²) in [6, 6.07) is 7.83. The van der Waals surface area contributed by atoms with Gasteiger partial charge in [-0.05, 0) is 56.8 Å². The second-order valence-corrected chi connectivity index (χ2v) is 8.09. The molecule has 0 bridgehead atoms. The van der Waals surface area contributed by atoms with Crippen LogP contribution < -0.4 is 5.32 Å². The zero-order valence-corrected chi connectivity index (χ0v) is 17.0.